The van der Waals surface area contributed by atoms with Gasteiger partial charge in [0, 0.05) is 13.1 Å². The molecule has 0 heterocycles. The third-order valence-electron chi connectivity index (χ3n) is 5.64. The lowest BCUT2D eigenvalue weighted by Crippen LogP contribution is -2.52. The molecule has 0 radical (unpaired) electrons. The topological polar surface area (TPSA) is 86.8 Å². The van der Waals surface area contributed by atoms with Crippen LogP contribution in [0.2, 0.25) is 0 Å². The number of amides is 2. The van der Waals surface area contributed by atoms with Gasteiger partial charge in [0.2, 0.25) is 21.8 Å². The molecule has 2 amide bonds. The molecular weight excluding hydrogens is 450 g/mol. The smallest absolute Gasteiger partial charge is 0.244 e. The van der Waals surface area contributed by atoms with Crippen molar-refractivity contribution < 1.29 is 18.0 Å². The van der Waals surface area contributed by atoms with E-state index in [0.29, 0.717) is 25.2 Å². The Kier molecular flexibility index (Phi) is 9.67. The summed E-state index contributed by atoms with van der Waals surface area (Å²) in [6.07, 6.45) is 1.64. The zero-order valence-corrected chi connectivity index (χ0v) is 21.9. The number of nitrogens with one attached hydrogen (secondary N) is 1. The van der Waals surface area contributed by atoms with Crippen LogP contribution in [0.15, 0.2) is 48.5 Å². The molecule has 0 aliphatic carbocycles. The van der Waals surface area contributed by atoms with E-state index >= 15 is 0 Å². The molecule has 1 atom stereocenters. The monoisotopic (exact) mass is 487 g/mol. The Morgan fingerprint density at radius 2 is 1.65 bits per heavy atom. The summed E-state index contributed by atoms with van der Waals surface area (Å²) in [5, 5.41) is 2.88. The Balaban J connectivity index is 2.32. The number of hydrogen-bond donors (Lipinski definition) is 1. The molecule has 8 heteroatoms. The minimum Gasteiger partial charge on any atom is -0.354 e. The fourth-order valence-electron chi connectivity index (χ4n) is 3.70. The van der Waals surface area contributed by atoms with Crippen LogP contribution >= 0.6 is 0 Å². The molecule has 34 heavy (non-hydrogen) atoms. The van der Waals surface area contributed by atoms with E-state index < -0.39 is 22.0 Å². The lowest BCUT2D eigenvalue weighted by Gasteiger charge is -2.32. The van der Waals surface area contributed by atoms with Gasteiger partial charge in [0.25, 0.3) is 0 Å². The van der Waals surface area contributed by atoms with Crippen LogP contribution in [0.25, 0.3) is 0 Å². The first-order valence-corrected chi connectivity index (χ1v) is 13.4. The second-order valence-electron chi connectivity index (χ2n) is 9.20. The Morgan fingerprint density at radius 1 is 1.00 bits per heavy atom. The number of aryl methyl sites for hydroxylation is 2. The van der Waals surface area contributed by atoms with E-state index in [0.717, 1.165) is 27.3 Å². The van der Waals surface area contributed by atoms with E-state index in [4.69, 9.17) is 0 Å². The first-order valence-electron chi connectivity index (χ1n) is 11.6. The van der Waals surface area contributed by atoms with Crippen LogP contribution in [-0.4, -0.2) is 57.1 Å². The fourth-order valence-corrected chi connectivity index (χ4v) is 4.61. The van der Waals surface area contributed by atoms with Crippen LogP contribution in [0.1, 0.15) is 37.5 Å². The van der Waals surface area contributed by atoms with Crippen molar-refractivity contribution >= 4 is 27.5 Å². The predicted molar refractivity (Wildman–Crippen MR) is 137 cm³/mol. The molecule has 7 nitrogen and oxygen atoms in total. The van der Waals surface area contributed by atoms with Crippen molar-refractivity contribution in [3.63, 3.8) is 0 Å². The van der Waals surface area contributed by atoms with Crippen molar-refractivity contribution in [3.05, 3.63) is 65.2 Å². The van der Waals surface area contributed by atoms with Gasteiger partial charge < -0.3 is 10.2 Å². The molecule has 0 saturated heterocycles. The molecule has 0 fully saturated rings. The van der Waals surface area contributed by atoms with E-state index in [2.05, 4.69) is 5.32 Å². The minimum atomic E-state index is -3.73. The van der Waals surface area contributed by atoms with Crippen molar-refractivity contribution in [1.82, 2.24) is 10.2 Å². The molecule has 0 aliphatic heterocycles. The maximum Gasteiger partial charge on any atom is 0.244 e. The number of carbonyl (C=O) groups excluding carboxylic acids is 2. The lowest BCUT2D eigenvalue weighted by atomic mass is 10.1. The molecule has 0 unspecified atom stereocenters. The van der Waals surface area contributed by atoms with E-state index in [1.807, 2.05) is 70.2 Å². The summed E-state index contributed by atoms with van der Waals surface area (Å²) >= 11 is 0. The molecule has 2 rings (SSSR count). The molecule has 0 spiro atoms. The van der Waals surface area contributed by atoms with E-state index in [1.54, 1.807) is 13.0 Å². The highest BCUT2D eigenvalue weighted by Crippen LogP contribution is 2.24. The molecular formula is C26H37N3O4S. The molecule has 186 valence electrons. The van der Waals surface area contributed by atoms with Crippen LogP contribution in [0, 0.1) is 19.8 Å². The second kappa shape index (κ2) is 12.0. The van der Waals surface area contributed by atoms with Crippen molar-refractivity contribution in [2.75, 3.05) is 30.2 Å². The predicted octanol–water partition coefficient (Wildman–Crippen LogP) is 3.30. The number of nitrogens with zero attached hydrogens (tertiary/aromatic N) is 2. The van der Waals surface area contributed by atoms with Gasteiger partial charge in [-0.05, 0) is 50.3 Å². The largest absolute Gasteiger partial charge is 0.354 e. The number of rotatable bonds is 11. The molecule has 0 aliphatic rings. The summed E-state index contributed by atoms with van der Waals surface area (Å²) in [5.41, 5.74) is 3.25. The SMILES string of the molecule is Cc1ccc(N(CC(=O)N(CCc2ccccc2)[C@@H](C)C(=O)NCC(C)C)S(C)(=O)=O)c(C)c1. The maximum absolute atomic E-state index is 13.5. The summed E-state index contributed by atoms with van der Waals surface area (Å²) in [5.74, 6) is -0.407. The fraction of sp³-hybridized carbons (Fsp3) is 0.462. The van der Waals surface area contributed by atoms with Gasteiger partial charge in [-0.2, -0.15) is 0 Å². The number of carbonyl (C=O) groups is 2. The number of anilines is 1. The Labute approximate surface area is 204 Å². The van der Waals surface area contributed by atoms with Crippen LogP contribution < -0.4 is 9.62 Å². The van der Waals surface area contributed by atoms with Crippen molar-refractivity contribution in [2.45, 2.75) is 47.1 Å². The van der Waals surface area contributed by atoms with Crippen LogP contribution in [0.4, 0.5) is 5.69 Å². The minimum absolute atomic E-state index is 0.257. The van der Waals surface area contributed by atoms with Crippen LogP contribution in [0.3, 0.4) is 0 Å². The first kappa shape index (κ1) is 27.4. The average molecular weight is 488 g/mol. The van der Waals surface area contributed by atoms with E-state index in [-0.39, 0.29) is 18.4 Å². The molecule has 0 saturated carbocycles. The molecule has 1 N–H and O–H groups in total. The molecule has 0 aromatic heterocycles. The zero-order chi connectivity index (χ0) is 25.5. The lowest BCUT2D eigenvalue weighted by molar-refractivity contribution is -0.138. The van der Waals surface area contributed by atoms with Crippen molar-refractivity contribution in [3.8, 4) is 0 Å². The van der Waals surface area contributed by atoms with Crippen molar-refractivity contribution in [2.24, 2.45) is 5.92 Å². The normalized spacial score (nSPS) is 12.3. The van der Waals surface area contributed by atoms with Gasteiger partial charge in [-0.3, -0.25) is 13.9 Å². The summed E-state index contributed by atoms with van der Waals surface area (Å²) < 4.78 is 26.5. The Morgan fingerprint density at radius 3 is 2.21 bits per heavy atom. The average Bonchev–Trinajstić information content (AvgIpc) is 2.76. The van der Waals surface area contributed by atoms with Gasteiger partial charge in [0.1, 0.15) is 12.6 Å². The van der Waals surface area contributed by atoms with Gasteiger partial charge in [-0.1, -0.05) is 61.9 Å². The molecule has 0 bridgehead atoms. The third kappa shape index (κ3) is 7.87. The quantitative estimate of drug-likeness (QED) is 0.527. The highest BCUT2D eigenvalue weighted by molar-refractivity contribution is 7.92. The number of sulfonamides is 1. The third-order valence-corrected chi connectivity index (χ3v) is 6.76. The maximum atomic E-state index is 13.5. The highest BCUT2D eigenvalue weighted by atomic mass is 32.2. The van der Waals surface area contributed by atoms with Gasteiger partial charge in [-0.25, -0.2) is 8.42 Å². The summed E-state index contributed by atoms with van der Waals surface area (Å²) in [4.78, 5) is 27.8. The molecule has 2 aromatic rings. The van der Waals surface area contributed by atoms with Crippen LogP contribution in [0.5, 0.6) is 0 Å². The Bertz CT molecular complexity index is 1080. The summed E-state index contributed by atoms with van der Waals surface area (Å²) in [7, 11) is -3.73. The summed E-state index contributed by atoms with van der Waals surface area (Å²) in [6, 6.07) is 14.4. The zero-order valence-electron chi connectivity index (χ0n) is 21.0. The summed E-state index contributed by atoms with van der Waals surface area (Å²) in [6.45, 7) is 9.84. The second-order valence-corrected chi connectivity index (χ2v) is 11.1. The number of hydrogen-bond acceptors (Lipinski definition) is 4. The van der Waals surface area contributed by atoms with Gasteiger partial charge in [0.15, 0.2) is 0 Å². The van der Waals surface area contributed by atoms with Crippen molar-refractivity contribution in [1.29, 1.82) is 0 Å². The van der Waals surface area contributed by atoms with Crippen LogP contribution in [-0.2, 0) is 26.0 Å². The molecule has 2 aromatic carbocycles. The van der Waals surface area contributed by atoms with E-state index in [9.17, 15) is 18.0 Å². The van der Waals surface area contributed by atoms with Gasteiger partial charge in [-0.15, -0.1) is 0 Å². The number of benzene rings is 2. The highest BCUT2D eigenvalue weighted by Gasteiger charge is 2.30. The Hall–Kier alpha value is -2.87. The standard InChI is InChI=1S/C26H37N3O4S/c1-19(2)17-27-26(31)22(5)28(15-14-23-10-8-7-9-11-23)25(30)18-29(34(6,32)33)24-13-12-20(3)16-21(24)4/h7-13,16,19,22H,14-15,17-18H2,1-6H3,(H,27,31)/t22-/m0/s1. The first-order chi connectivity index (χ1) is 15.9. The van der Waals surface area contributed by atoms with Gasteiger partial charge >= 0.3 is 0 Å². The van der Waals surface area contributed by atoms with Gasteiger partial charge in [0.05, 0.1) is 11.9 Å². The van der Waals surface area contributed by atoms with E-state index in [1.165, 1.54) is 4.90 Å².